The number of benzene rings is 1. The van der Waals surface area contributed by atoms with Crippen molar-refractivity contribution in [1.29, 1.82) is 5.26 Å². The van der Waals surface area contributed by atoms with E-state index in [1.54, 1.807) is 29.3 Å². The lowest BCUT2D eigenvalue weighted by molar-refractivity contribution is -0.119. The van der Waals surface area contributed by atoms with Gasteiger partial charge in [-0.25, -0.2) is 13.4 Å². The van der Waals surface area contributed by atoms with Crippen molar-refractivity contribution in [2.45, 2.75) is 6.42 Å². The monoisotopic (exact) mass is 391 g/mol. The summed E-state index contributed by atoms with van der Waals surface area (Å²) in [5.74, 6) is -0.361. The van der Waals surface area contributed by atoms with E-state index in [1.807, 2.05) is 6.07 Å². The third-order valence-electron chi connectivity index (χ3n) is 3.89. The Morgan fingerprint density at radius 1 is 1.46 bits per heavy atom. The van der Waals surface area contributed by atoms with Crippen molar-refractivity contribution in [2.24, 2.45) is 5.92 Å². The first kappa shape index (κ1) is 18.2. The predicted molar refractivity (Wildman–Crippen MR) is 99.9 cm³/mol. The van der Waals surface area contributed by atoms with Gasteiger partial charge in [0, 0.05) is 25.0 Å². The second-order valence-corrected chi connectivity index (χ2v) is 8.78. The molecule has 8 nitrogen and oxygen atoms in total. The van der Waals surface area contributed by atoms with Gasteiger partial charge in [-0.2, -0.15) is 5.26 Å². The first-order chi connectivity index (χ1) is 12.3. The van der Waals surface area contributed by atoms with Crippen LogP contribution in [-0.2, 0) is 14.8 Å². The summed E-state index contributed by atoms with van der Waals surface area (Å²) in [6, 6.07) is 6.96. The summed E-state index contributed by atoms with van der Waals surface area (Å²) in [5, 5.41) is 12.1. The van der Waals surface area contributed by atoms with Crippen molar-refractivity contribution < 1.29 is 13.2 Å². The Bertz CT molecular complexity index is 964. The van der Waals surface area contributed by atoms with Gasteiger partial charge >= 0.3 is 0 Å². The number of thiazole rings is 1. The van der Waals surface area contributed by atoms with Crippen molar-refractivity contribution in [3.05, 3.63) is 30.5 Å². The Morgan fingerprint density at radius 2 is 2.27 bits per heavy atom. The van der Waals surface area contributed by atoms with E-state index in [0.717, 1.165) is 16.7 Å². The molecule has 1 fully saturated rings. The van der Waals surface area contributed by atoms with Crippen LogP contribution in [0.2, 0.25) is 0 Å². The van der Waals surface area contributed by atoms with Crippen LogP contribution in [0.5, 0.6) is 0 Å². The maximum atomic E-state index is 12.3. The Morgan fingerprint density at radius 3 is 2.96 bits per heavy atom. The van der Waals surface area contributed by atoms with E-state index in [1.165, 1.54) is 11.3 Å². The van der Waals surface area contributed by atoms with E-state index >= 15 is 0 Å². The molecule has 1 aliphatic rings. The Balaban J connectivity index is 1.69. The fourth-order valence-corrected chi connectivity index (χ4v) is 4.06. The van der Waals surface area contributed by atoms with Crippen molar-refractivity contribution in [2.75, 3.05) is 29.4 Å². The number of anilines is 2. The second kappa shape index (κ2) is 7.31. The summed E-state index contributed by atoms with van der Waals surface area (Å²) in [7, 11) is -3.35. The fraction of sp³-hybridized carbons (Fsp3) is 0.312. The molecule has 2 heterocycles. The molecule has 1 unspecified atom stereocenters. The summed E-state index contributed by atoms with van der Waals surface area (Å²) >= 11 is 1.31. The molecular formula is C16H17N5O3S2. The van der Waals surface area contributed by atoms with Gasteiger partial charge in [-0.1, -0.05) is 23.5 Å². The van der Waals surface area contributed by atoms with E-state index in [4.69, 9.17) is 5.26 Å². The summed E-state index contributed by atoms with van der Waals surface area (Å²) in [5.41, 5.74) is 1.26. The normalized spacial score (nSPS) is 16.9. The van der Waals surface area contributed by atoms with E-state index in [9.17, 15) is 13.2 Å². The summed E-state index contributed by atoms with van der Waals surface area (Å²) in [4.78, 5) is 18.9. The van der Waals surface area contributed by atoms with Gasteiger partial charge in [-0.05, 0) is 24.1 Å². The molecule has 1 atom stereocenters. The molecule has 1 aromatic heterocycles. The molecule has 0 spiro atoms. The van der Waals surface area contributed by atoms with Crippen molar-refractivity contribution in [1.82, 2.24) is 9.88 Å². The predicted octanol–water partition coefficient (Wildman–Crippen LogP) is 1.92. The Labute approximate surface area is 155 Å². The average Bonchev–Trinajstić information content (AvgIpc) is 3.22. The number of nitrogens with zero attached hydrogens (tertiary/aromatic N) is 3. The number of nitrogens with one attached hydrogen (secondary N) is 2. The van der Waals surface area contributed by atoms with Crippen LogP contribution in [0.25, 0.3) is 10.4 Å². The topological polar surface area (TPSA) is 115 Å². The van der Waals surface area contributed by atoms with E-state index < -0.39 is 10.0 Å². The zero-order chi connectivity index (χ0) is 18.7. The van der Waals surface area contributed by atoms with Crippen LogP contribution in [0.4, 0.5) is 10.8 Å². The van der Waals surface area contributed by atoms with Crippen LogP contribution < -0.4 is 10.0 Å². The standard InChI is InChI=1S/C16H17N5O3S2/c1-26(23,24)20-13-4-2-3-11(7-13)14-8-18-16(25-14)19-15(22)12-5-6-21(9-12)10-17/h2-4,7-8,12,20H,5-6,9H2,1H3,(H,18,19,22). The Kier molecular flexibility index (Phi) is 5.11. The van der Waals surface area contributed by atoms with Gasteiger partial charge in [0.25, 0.3) is 0 Å². The number of nitriles is 1. The van der Waals surface area contributed by atoms with Crippen molar-refractivity contribution in [3.8, 4) is 16.6 Å². The van der Waals surface area contributed by atoms with Crippen LogP contribution in [0.15, 0.2) is 30.5 Å². The molecule has 1 aliphatic heterocycles. The molecule has 0 radical (unpaired) electrons. The number of hydrogen-bond donors (Lipinski definition) is 2. The molecule has 1 aromatic carbocycles. The van der Waals surface area contributed by atoms with Gasteiger partial charge in [-0.15, -0.1) is 0 Å². The molecular weight excluding hydrogens is 374 g/mol. The summed E-state index contributed by atoms with van der Waals surface area (Å²) in [6.07, 6.45) is 5.43. The smallest absolute Gasteiger partial charge is 0.231 e. The maximum Gasteiger partial charge on any atom is 0.231 e. The number of aromatic nitrogens is 1. The highest BCUT2D eigenvalue weighted by Crippen LogP contribution is 2.31. The third kappa shape index (κ3) is 4.50. The van der Waals surface area contributed by atoms with E-state index in [0.29, 0.717) is 30.3 Å². The minimum absolute atomic E-state index is 0.142. The van der Waals surface area contributed by atoms with Crippen LogP contribution in [0, 0.1) is 17.4 Å². The van der Waals surface area contributed by atoms with Gasteiger partial charge < -0.3 is 10.2 Å². The lowest BCUT2D eigenvalue weighted by atomic mass is 10.1. The van der Waals surface area contributed by atoms with Crippen LogP contribution in [0.1, 0.15) is 6.42 Å². The molecule has 3 rings (SSSR count). The minimum atomic E-state index is -3.35. The third-order valence-corrected chi connectivity index (χ3v) is 5.45. The van der Waals surface area contributed by atoms with Crippen LogP contribution >= 0.6 is 11.3 Å². The lowest BCUT2D eigenvalue weighted by Gasteiger charge is -2.08. The molecule has 1 saturated heterocycles. The molecule has 10 heteroatoms. The number of amides is 1. The molecule has 0 bridgehead atoms. The van der Waals surface area contributed by atoms with Crippen LogP contribution in [-0.4, -0.2) is 43.6 Å². The van der Waals surface area contributed by atoms with Gasteiger partial charge in [0.15, 0.2) is 11.3 Å². The maximum absolute atomic E-state index is 12.3. The number of likely N-dealkylation sites (tertiary alicyclic amines) is 1. The SMILES string of the molecule is CS(=O)(=O)Nc1cccc(-c2cnc(NC(=O)C3CCN(C#N)C3)s2)c1. The van der Waals surface area contributed by atoms with Crippen molar-refractivity contribution in [3.63, 3.8) is 0 Å². The number of sulfonamides is 1. The number of carbonyl (C=O) groups is 1. The minimum Gasteiger partial charge on any atom is -0.310 e. The first-order valence-corrected chi connectivity index (χ1v) is 10.5. The fourth-order valence-electron chi connectivity index (χ4n) is 2.69. The van der Waals surface area contributed by atoms with Gasteiger partial charge in [0.1, 0.15) is 0 Å². The van der Waals surface area contributed by atoms with Crippen molar-refractivity contribution >= 4 is 38.1 Å². The summed E-state index contributed by atoms with van der Waals surface area (Å²) < 4.78 is 25.1. The quantitative estimate of drug-likeness (QED) is 0.753. The largest absolute Gasteiger partial charge is 0.310 e. The Hall–Kier alpha value is -2.64. The zero-order valence-corrected chi connectivity index (χ0v) is 15.6. The van der Waals surface area contributed by atoms with Gasteiger partial charge in [0.05, 0.1) is 17.1 Å². The molecule has 2 N–H and O–H groups in total. The highest BCUT2D eigenvalue weighted by Gasteiger charge is 2.28. The second-order valence-electron chi connectivity index (χ2n) is 6.01. The van der Waals surface area contributed by atoms with Crippen LogP contribution in [0.3, 0.4) is 0 Å². The lowest BCUT2D eigenvalue weighted by Crippen LogP contribution is -2.25. The number of carbonyl (C=O) groups excluding carboxylic acids is 1. The average molecular weight is 391 g/mol. The van der Waals surface area contributed by atoms with E-state index in [-0.39, 0.29) is 11.8 Å². The molecule has 1 amide bonds. The molecule has 136 valence electrons. The molecule has 2 aromatic rings. The molecule has 0 saturated carbocycles. The molecule has 0 aliphatic carbocycles. The van der Waals surface area contributed by atoms with Gasteiger partial charge in [0.2, 0.25) is 15.9 Å². The van der Waals surface area contributed by atoms with Gasteiger partial charge in [-0.3, -0.25) is 9.52 Å². The first-order valence-electron chi connectivity index (χ1n) is 7.83. The molecule has 26 heavy (non-hydrogen) atoms. The highest BCUT2D eigenvalue weighted by molar-refractivity contribution is 7.92. The highest BCUT2D eigenvalue weighted by atomic mass is 32.2. The summed E-state index contributed by atoms with van der Waals surface area (Å²) in [6.45, 7) is 1.03. The van der Waals surface area contributed by atoms with E-state index in [2.05, 4.69) is 21.2 Å². The zero-order valence-electron chi connectivity index (χ0n) is 14.0. The number of rotatable bonds is 5. The number of hydrogen-bond acceptors (Lipinski definition) is 7.